The van der Waals surface area contributed by atoms with Crippen LogP contribution in [-0.2, 0) is 0 Å². The predicted octanol–water partition coefficient (Wildman–Crippen LogP) is 3.59. The molecule has 2 aromatic carbocycles. The summed E-state index contributed by atoms with van der Waals surface area (Å²) in [5.41, 5.74) is 1.97. The van der Waals surface area contributed by atoms with E-state index in [2.05, 4.69) is 10.2 Å². The lowest BCUT2D eigenvalue weighted by Gasteiger charge is -2.06. The molecule has 0 aliphatic rings. The van der Waals surface area contributed by atoms with Crippen LogP contribution in [0.15, 0.2) is 60.9 Å². The molecule has 0 N–H and O–H groups in total. The van der Waals surface area contributed by atoms with Crippen LogP contribution in [0.2, 0.25) is 5.02 Å². The fourth-order valence-corrected chi connectivity index (χ4v) is 2.03. The van der Waals surface area contributed by atoms with Gasteiger partial charge in [-0.25, -0.2) is 0 Å². The molecule has 0 bridgehead atoms. The maximum absolute atomic E-state index is 6.00. The summed E-state index contributed by atoms with van der Waals surface area (Å²) in [6, 6.07) is 17.6. The zero-order valence-electron chi connectivity index (χ0n) is 9.49. The number of rotatable bonds is 2. The molecule has 0 atom stereocenters. The molecular formula is C14H10ClN3. The second-order valence-electron chi connectivity index (χ2n) is 3.87. The highest BCUT2D eigenvalue weighted by Crippen LogP contribution is 2.22. The van der Waals surface area contributed by atoms with Crippen LogP contribution >= 0.6 is 11.6 Å². The summed E-state index contributed by atoms with van der Waals surface area (Å²) in [6.07, 6.45) is 1.70. The Morgan fingerprint density at radius 3 is 2.56 bits per heavy atom. The fraction of sp³-hybridized carbons (Fsp3) is 0. The maximum atomic E-state index is 6.00. The van der Waals surface area contributed by atoms with Crippen molar-refractivity contribution in [2.24, 2.45) is 0 Å². The highest BCUT2D eigenvalue weighted by Gasteiger charge is 2.08. The van der Waals surface area contributed by atoms with Gasteiger partial charge < -0.3 is 0 Å². The third-order valence-corrected chi connectivity index (χ3v) is 2.90. The Morgan fingerprint density at radius 1 is 0.944 bits per heavy atom. The van der Waals surface area contributed by atoms with E-state index in [-0.39, 0.29) is 0 Å². The summed E-state index contributed by atoms with van der Waals surface area (Å²) >= 11 is 6.00. The van der Waals surface area contributed by atoms with E-state index in [4.69, 9.17) is 11.6 Å². The zero-order valence-corrected chi connectivity index (χ0v) is 10.2. The van der Waals surface area contributed by atoms with E-state index in [1.807, 2.05) is 59.2 Å². The van der Waals surface area contributed by atoms with Crippen LogP contribution < -0.4 is 0 Å². The van der Waals surface area contributed by atoms with Crippen LogP contribution in [0.5, 0.6) is 0 Å². The normalized spacial score (nSPS) is 10.5. The van der Waals surface area contributed by atoms with Gasteiger partial charge in [0.1, 0.15) is 6.33 Å². The number of halogens is 1. The average Bonchev–Trinajstić information content (AvgIpc) is 2.89. The molecule has 3 nitrogen and oxygen atoms in total. The predicted molar refractivity (Wildman–Crippen MR) is 71.8 cm³/mol. The molecule has 0 unspecified atom stereocenters. The summed E-state index contributed by atoms with van der Waals surface area (Å²) in [4.78, 5) is 0. The number of hydrogen-bond acceptors (Lipinski definition) is 2. The fourth-order valence-electron chi connectivity index (χ4n) is 1.84. The van der Waals surface area contributed by atoms with Crippen molar-refractivity contribution in [3.63, 3.8) is 0 Å². The lowest BCUT2D eigenvalue weighted by Crippen LogP contribution is -1.95. The first kappa shape index (κ1) is 11.0. The number of benzene rings is 2. The molecule has 88 valence electrons. The molecule has 0 saturated heterocycles. The van der Waals surface area contributed by atoms with Gasteiger partial charge in [-0.3, -0.25) is 4.57 Å². The molecule has 4 heteroatoms. The van der Waals surface area contributed by atoms with Crippen molar-refractivity contribution in [2.75, 3.05) is 0 Å². The Labute approximate surface area is 110 Å². The van der Waals surface area contributed by atoms with E-state index >= 15 is 0 Å². The Bertz CT molecular complexity index is 662. The topological polar surface area (TPSA) is 30.7 Å². The van der Waals surface area contributed by atoms with Crippen molar-refractivity contribution in [2.45, 2.75) is 0 Å². The van der Waals surface area contributed by atoms with E-state index in [0.29, 0.717) is 5.02 Å². The van der Waals surface area contributed by atoms with Crippen LogP contribution in [0, 0.1) is 0 Å². The van der Waals surface area contributed by atoms with Crippen LogP contribution in [0.1, 0.15) is 0 Å². The zero-order chi connectivity index (χ0) is 12.4. The standard InChI is InChI=1S/C14H10ClN3/c15-12-6-4-5-11(9-12)14-17-16-10-18(14)13-7-2-1-3-8-13/h1-10H. The van der Waals surface area contributed by atoms with Gasteiger partial charge in [-0.05, 0) is 24.3 Å². The average molecular weight is 256 g/mol. The van der Waals surface area contributed by atoms with Crippen LogP contribution in [-0.4, -0.2) is 14.8 Å². The van der Waals surface area contributed by atoms with E-state index in [1.54, 1.807) is 6.33 Å². The molecule has 1 aromatic heterocycles. The number of aromatic nitrogens is 3. The monoisotopic (exact) mass is 255 g/mol. The van der Waals surface area contributed by atoms with Crippen molar-refractivity contribution in [3.8, 4) is 17.1 Å². The van der Waals surface area contributed by atoms with E-state index in [9.17, 15) is 0 Å². The smallest absolute Gasteiger partial charge is 0.168 e. The summed E-state index contributed by atoms with van der Waals surface area (Å²) < 4.78 is 1.94. The third-order valence-electron chi connectivity index (χ3n) is 2.66. The lowest BCUT2D eigenvalue weighted by molar-refractivity contribution is 1.06. The maximum Gasteiger partial charge on any atom is 0.168 e. The van der Waals surface area contributed by atoms with Gasteiger partial charge in [-0.2, -0.15) is 0 Å². The highest BCUT2D eigenvalue weighted by atomic mass is 35.5. The van der Waals surface area contributed by atoms with Gasteiger partial charge in [0, 0.05) is 16.3 Å². The van der Waals surface area contributed by atoms with Gasteiger partial charge >= 0.3 is 0 Å². The van der Waals surface area contributed by atoms with Gasteiger partial charge in [-0.1, -0.05) is 41.9 Å². The molecule has 0 amide bonds. The van der Waals surface area contributed by atoms with Crippen molar-refractivity contribution in [1.82, 2.24) is 14.8 Å². The van der Waals surface area contributed by atoms with Crippen LogP contribution in [0.25, 0.3) is 17.1 Å². The Hall–Kier alpha value is -2.13. The third kappa shape index (κ3) is 2.00. The van der Waals surface area contributed by atoms with Gasteiger partial charge in [0.15, 0.2) is 5.82 Å². The number of nitrogens with zero attached hydrogens (tertiary/aromatic N) is 3. The highest BCUT2D eigenvalue weighted by molar-refractivity contribution is 6.30. The first-order chi connectivity index (χ1) is 8.84. The first-order valence-corrected chi connectivity index (χ1v) is 5.94. The summed E-state index contributed by atoms with van der Waals surface area (Å²) in [5, 5.41) is 8.82. The van der Waals surface area contributed by atoms with Crippen molar-refractivity contribution in [3.05, 3.63) is 65.9 Å². The van der Waals surface area contributed by atoms with Gasteiger partial charge in [0.2, 0.25) is 0 Å². The molecule has 0 spiro atoms. The molecule has 0 aliphatic carbocycles. The summed E-state index contributed by atoms with van der Waals surface area (Å²) in [7, 11) is 0. The molecule has 0 fully saturated rings. The largest absolute Gasteiger partial charge is 0.282 e. The number of para-hydroxylation sites is 1. The SMILES string of the molecule is Clc1cccc(-c2nncn2-c2ccccc2)c1. The minimum absolute atomic E-state index is 0.690. The Balaban J connectivity index is 2.13. The summed E-state index contributed by atoms with van der Waals surface area (Å²) in [6.45, 7) is 0. The van der Waals surface area contributed by atoms with Gasteiger partial charge in [0.05, 0.1) is 0 Å². The first-order valence-electron chi connectivity index (χ1n) is 5.56. The van der Waals surface area contributed by atoms with Crippen molar-refractivity contribution >= 4 is 11.6 Å². The number of hydrogen-bond donors (Lipinski definition) is 0. The minimum atomic E-state index is 0.690. The quantitative estimate of drug-likeness (QED) is 0.701. The molecule has 3 aromatic rings. The molecule has 0 aliphatic heterocycles. The molecule has 0 saturated carbocycles. The summed E-state index contributed by atoms with van der Waals surface area (Å²) in [5.74, 6) is 0.781. The second kappa shape index (κ2) is 4.63. The van der Waals surface area contributed by atoms with Crippen LogP contribution in [0.3, 0.4) is 0 Å². The molecule has 18 heavy (non-hydrogen) atoms. The molecule has 0 radical (unpaired) electrons. The molecule has 3 rings (SSSR count). The van der Waals surface area contributed by atoms with Gasteiger partial charge in [0.25, 0.3) is 0 Å². The Kier molecular flexibility index (Phi) is 2.82. The van der Waals surface area contributed by atoms with E-state index in [0.717, 1.165) is 17.1 Å². The van der Waals surface area contributed by atoms with Crippen molar-refractivity contribution < 1.29 is 0 Å². The van der Waals surface area contributed by atoms with Crippen LogP contribution in [0.4, 0.5) is 0 Å². The Morgan fingerprint density at radius 2 is 1.78 bits per heavy atom. The molecular weight excluding hydrogens is 246 g/mol. The second-order valence-corrected chi connectivity index (χ2v) is 4.31. The van der Waals surface area contributed by atoms with E-state index < -0.39 is 0 Å². The molecule has 1 heterocycles. The minimum Gasteiger partial charge on any atom is -0.282 e. The lowest BCUT2D eigenvalue weighted by atomic mass is 10.2. The van der Waals surface area contributed by atoms with E-state index in [1.165, 1.54) is 0 Å². The van der Waals surface area contributed by atoms with Crippen molar-refractivity contribution in [1.29, 1.82) is 0 Å². The van der Waals surface area contributed by atoms with Gasteiger partial charge in [-0.15, -0.1) is 10.2 Å².